The molecule has 3 atom stereocenters. The topological polar surface area (TPSA) is 32.8 Å². The van der Waals surface area contributed by atoms with Crippen molar-refractivity contribution >= 4 is 0 Å². The second-order valence-electron chi connectivity index (χ2n) is 4.15. The van der Waals surface area contributed by atoms with E-state index in [1.54, 1.807) is 0 Å². The van der Waals surface area contributed by atoms with Gasteiger partial charge in [-0.2, -0.15) is 13.2 Å². The van der Waals surface area contributed by atoms with Gasteiger partial charge in [0.15, 0.2) is 6.10 Å². The molecule has 1 saturated heterocycles. The number of ether oxygens (including phenoxy) is 1. The molecule has 0 saturated carbocycles. The number of rotatable bonds is 4. The Hall–Kier alpha value is -1.07. The molecule has 1 aromatic carbocycles. The molecular weight excluding hydrogens is 233 g/mol. The zero-order chi connectivity index (χ0) is 12.5. The average molecular weight is 246 g/mol. The number of hydrogen-bond acceptors (Lipinski definition) is 2. The summed E-state index contributed by atoms with van der Waals surface area (Å²) < 4.78 is 41.3. The van der Waals surface area contributed by atoms with E-state index in [1.165, 1.54) is 0 Å². The first-order valence-electron chi connectivity index (χ1n) is 5.42. The molecular formula is C12H13F3O2. The summed E-state index contributed by atoms with van der Waals surface area (Å²) >= 11 is 0. The Bertz CT molecular complexity index is 364. The zero-order valence-electron chi connectivity index (χ0n) is 9.02. The number of aryl methyl sites for hydroxylation is 1. The summed E-state index contributed by atoms with van der Waals surface area (Å²) in [7, 11) is 0. The molecule has 1 heterocycles. The lowest BCUT2D eigenvalue weighted by Gasteiger charge is -2.11. The molecule has 1 fully saturated rings. The van der Waals surface area contributed by atoms with Gasteiger partial charge in [-0.1, -0.05) is 30.3 Å². The van der Waals surface area contributed by atoms with Crippen LogP contribution in [0.4, 0.5) is 13.2 Å². The molecule has 94 valence electrons. The minimum absolute atomic E-state index is 0.480. The van der Waals surface area contributed by atoms with Gasteiger partial charge in [-0.25, -0.2) is 0 Å². The van der Waals surface area contributed by atoms with E-state index in [9.17, 15) is 13.2 Å². The van der Waals surface area contributed by atoms with E-state index < -0.39 is 24.5 Å². The van der Waals surface area contributed by atoms with Crippen LogP contribution >= 0.6 is 0 Å². The lowest BCUT2D eigenvalue weighted by molar-refractivity contribution is -0.208. The highest BCUT2D eigenvalue weighted by atomic mass is 19.4. The van der Waals surface area contributed by atoms with Gasteiger partial charge in [-0.15, -0.1) is 0 Å². The van der Waals surface area contributed by atoms with Gasteiger partial charge < -0.3 is 9.84 Å². The summed E-state index contributed by atoms with van der Waals surface area (Å²) in [5.41, 5.74) is 1.06. The van der Waals surface area contributed by atoms with Crippen LogP contribution < -0.4 is 0 Å². The second-order valence-corrected chi connectivity index (χ2v) is 4.15. The molecule has 17 heavy (non-hydrogen) atoms. The first kappa shape index (κ1) is 12.4. The Labute approximate surface area is 97.0 Å². The van der Waals surface area contributed by atoms with Crippen LogP contribution in [0.25, 0.3) is 0 Å². The van der Waals surface area contributed by atoms with Crippen LogP contribution in [0, 0.1) is 0 Å². The average Bonchev–Trinajstić information content (AvgIpc) is 3.05. The Morgan fingerprint density at radius 2 is 1.88 bits per heavy atom. The van der Waals surface area contributed by atoms with E-state index >= 15 is 0 Å². The van der Waals surface area contributed by atoms with Crippen LogP contribution in [-0.4, -0.2) is 29.6 Å². The van der Waals surface area contributed by atoms with Crippen LogP contribution in [0.15, 0.2) is 30.3 Å². The van der Waals surface area contributed by atoms with Crippen molar-refractivity contribution in [1.29, 1.82) is 0 Å². The monoisotopic (exact) mass is 246 g/mol. The molecule has 0 unspecified atom stereocenters. The number of epoxide rings is 1. The van der Waals surface area contributed by atoms with E-state index in [-0.39, 0.29) is 0 Å². The summed E-state index contributed by atoms with van der Waals surface area (Å²) in [5, 5.41) is 8.94. The molecule has 0 aliphatic carbocycles. The van der Waals surface area contributed by atoms with Crippen LogP contribution in [0.2, 0.25) is 0 Å². The maximum Gasteiger partial charge on any atom is 0.417 e. The highest BCUT2D eigenvalue weighted by Crippen LogP contribution is 2.36. The molecule has 2 nitrogen and oxygen atoms in total. The number of benzene rings is 1. The van der Waals surface area contributed by atoms with E-state index in [0.29, 0.717) is 12.8 Å². The van der Waals surface area contributed by atoms with Crippen molar-refractivity contribution < 1.29 is 23.0 Å². The van der Waals surface area contributed by atoms with E-state index in [2.05, 4.69) is 0 Å². The standard InChI is InChI=1S/C12H13F3O2/c13-12(14,15)11(16)10-9(17-10)7-6-8-4-2-1-3-5-8/h1-5,9-11,16H,6-7H2/t9-,10+,11+/m1/s1. The van der Waals surface area contributed by atoms with Crippen molar-refractivity contribution in [2.24, 2.45) is 0 Å². The SMILES string of the molecule is O[C@@H]([C@H]1O[C@@H]1CCc1ccccc1)C(F)(F)F. The fraction of sp³-hybridized carbons (Fsp3) is 0.500. The molecule has 0 amide bonds. The molecule has 2 rings (SSSR count). The van der Waals surface area contributed by atoms with Gasteiger partial charge in [0.1, 0.15) is 6.10 Å². The summed E-state index contributed by atoms with van der Waals surface area (Å²) in [6.07, 6.45) is -7.35. The molecule has 0 radical (unpaired) electrons. The van der Waals surface area contributed by atoms with Crippen LogP contribution in [-0.2, 0) is 11.2 Å². The van der Waals surface area contributed by atoms with Crippen LogP contribution in [0.3, 0.4) is 0 Å². The van der Waals surface area contributed by atoms with Crippen molar-refractivity contribution in [1.82, 2.24) is 0 Å². The number of aliphatic hydroxyl groups excluding tert-OH is 1. The lowest BCUT2D eigenvalue weighted by Crippen LogP contribution is -2.34. The fourth-order valence-corrected chi connectivity index (χ4v) is 1.81. The van der Waals surface area contributed by atoms with Gasteiger partial charge in [0.25, 0.3) is 0 Å². The van der Waals surface area contributed by atoms with Gasteiger partial charge in [0, 0.05) is 0 Å². The van der Waals surface area contributed by atoms with E-state index in [4.69, 9.17) is 9.84 Å². The van der Waals surface area contributed by atoms with E-state index in [1.807, 2.05) is 30.3 Å². The van der Waals surface area contributed by atoms with Gasteiger partial charge in [0.2, 0.25) is 0 Å². The number of aliphatic hydroxyl groups is 1. The van der Waals surface area contributed by atoms with Crippen molar-refractivity contribution in [3.63, 3.8) is 0 Å². The van der Waals surface area contributed by atoms with Crippen molar-refractivity contribution in [3.05, 3.63) is 35.9 Å². The third-order valence-electron chi connectivity index (χ3n) is 2.83. The molecule has 0 spiro atoms. The number of alkyl halides is 3. The Morgan fingerprint density at radius 3 is 2.47 bits per heavy atom. The maximum atomic E-state index is 12.1. The smallest absolute Gasteiger partial charge is 0.381 e. The third kappa shape index (κ3) is 3.20. The van der Waals surface area contributed by atoms with Crippen molar-refractivity contribution in [2.75, 3.05) is 0 Å². The highest BCUT2D eigenvalue weighted by molar-refractivity contribution is 5.15. The minimum Gasteiger partial charge on any atom is -0.381 e. The third-order valence-corrected chi connectivity index (χ3v) is 2.83. The molecule has 1 aromatic rings. The summed E-state index contributed by atoms with van der Waals surface area (Å²) in [5.74, 6) is 0. The van der Waals surface area contributed by atoms with Gasteiger partial charge >= 0.3 is 6.18 Å². The second kappa shape index (κ2) is 4.66. The van der Waals surface area contributed by atoms with Crippen molar-refractivity contribution in [2.45, 2.75) is 37.3 Å². The lowest BCUT2D eigenvalue weighted by atomic mass is 10.1. The van der Waals surface area contributed by atoms with Gasteiger partial charge in [-0.05, 0) is 18.4 Å². The molecule has 5 heteroatoms. The van der Waals surface area contributed by atoms with Crippen LogP contribution in [0.1, 0.15) is 12.0 Å². The predicted octanol–water partition coefficient (Wildman–Crippen LogP) is 2.31. The van der Waals surface area contributed by atoms with Crippen LogP contribution in [0.5, 0.6) is 0 Å². The summed E-state index contributed by atoms with van der Waals surface area (Å²) in [6, 6.07) is 9.47. The van der Waals surface area contributed by atoms with Gasteiger partial charge in [0.05, 0.1) is 6.10 Å². The summed E-state index contributed by atoms with van der Waals surface area (Å²) in [6.45, 7) is 0. The Balaban J connectivity index is 1.77. The number of hydrogen-bond donors (Lipinski definition) is 1. The molecule has 1 aliphatic rings. The van der Waals surface area contributed by atoms with Crippen molar-refractivity contribution in [3.8, 4) is 0 Å². The van der Waals surface area contributed by atoms with Gasteiger partial charge in [-0.3, -0.25) is 0 Å². The molecule has 1 aliphatic heterocycles. The summed E-state index contributed by atoms with van der Waals surface area (Å²) in [4.78, 5) is 0. The Kier molecular flexibility index (Phi) is 3.40. The normalized spacial score (nSPS) is 25.6. The maximum absolute atomic E-state index is 12.1. The van der Waals surface area contributed by atoms with E-state index in [0.717, 1.165) is 5.56 Å². The molecule has 0 bridgehead atoms. The highest BCUT2D eigenvalue weighted by Gasteiger charge is 2.55. The largest absolute Gasteiger partial charge is 0.417 e. The quantitative estimate of drug-likeness (QED) is 0.827. The first-order chi connectivity index (χ1) is 7.98. The zero-order valence-corrected chi connectivity index (χ0v) is 9.02. The predicted molar refractivity (Wildman–Crippen MR) is 55.5 cm³/mol. The minimum atomic E-state index is -4.59. The fourth-order valence-electron chi connectivity index (χ4n) is 1.81. The number of halogens is 3. The molecule has 1 N–H and O–H groups in total. The molecule has 0 aromatic heterocycles. The first-order valence-corrected chi connectivity index (χ1v) is 5.42. The Morgan fingerprint density at radius 1 is 1.24 bits per heavy atom.